The highest BCUT2D eigenvalue weighted by Gasteiger charge is 1.97. The van der Waals surface area contributed by atoms with E-state index in [4.69, 9.17) is 0 Å². The average Bonchev–Trinajstić information content (AvgIpc) is 2.04. The molecule has 0 aliphatic rings. The van der Waals surface area contributed by atoms with Crippen molar-refractivity contribution in [3.8, 4) is 0 Å². The van der Waals surface area contributed by atoms with E-state index in [9.17, 15) is 0 Å². The van der Waals surface area contributed by atoms with Gasteiger partial charge in [0.2, 0.25) is 0 Å². The van der Waals surface area contributed by atoms with Gasteiger partial charge in [-0.15, -0.1) is 12.6 Å². The van der Waals surface area contributed by atoms with Gasteiger partial charge in [-0.1, -0.05) is 18.7 Å². The molecule has 0 heterocycles. The molecule has 1 rings (SSSR count). The molecule has 0 aliphatic carbocycles. The summed E-state index contributed by atoms with van der Waals surface area (Å²) in [7, 11) is 1.88. The number of rotatable bonds is 3. The third-order valence-electron chi connectivity index (χ3n) is 1.48. The van der Waals surface area contributed by atoms with Crippen LogP contribution in [0.3, 0.4) is 0 Å². The van der Waals surface area contributed by atoms with E-state index in [-0.39, 0.29) is 0 Å². The molecule has 3 heteroatoms. The number of para-hydroxylation sites is 2. The molecule has 0 aliphatic heterocycles. The van der Waals surface area contributed by atoms with Gasteiger partial charge in [0, 0.05) is 7.05 Å². The van der Waals surface area contributed by atoms with Gasteiger partial charge in [-0.05, 0) is 12.1 Å². The van der Waals surface area contributed by atoms with Gasteiger partial charge in [-0.25, -0.2) is 0 Å². The molecule has 0 atom stereocenters. The van der Waals surface area contributed by atoms with Gasteiger partial charge in [0.15, 0.2) is 0 Å². The molecule has 0 saturated carbocycles. The van der Waals surface area contributed by atoms with E-state index >= 15 is 0 Å². The Morgan fingerprint density at radius 2 is 1.92 bits per heavy atom. The smallest absolute Gasteiger partial charge is 0.0623 e. The Bertz CT molecular complexity index is 284. The fourth-order valence-electron chi connectivity index (χ4n) is 0.966. The Morgan fingerprint density at radius 3 is 2.42 bits per heavy atom. The van der Waals surface area contributed by atoms with Crippen molar-refractivity contribution in [1.29, 1.82) is 0 Å². The third kappa shape index (κ3) is 2.20. The van der Waals surface area contributed by atoms with E-state index < -0.39 is 0 Å². The summed E-state index contributed by atoms with van der Waals surface area (Å²) in [6.07, 6.45) is 0. The Labute approximate surface area is 78.1 Å². The predicted molar refractivity (Wildman–Crippen MR) is 57.7 cm³/mol. The van der Waals surface area contributed by atoms with Gasteiger partial charge in [-0.2, -0.15) is 0 Å². The van der Waals surface area contributed by atoms with Crippen LogP contribution in [0.15, 0.2) is 35.9 Å². The molecule has 64 valence electrons. The van der Waals surface area contributed by atoms with Crippen molar-refractivity contribution in [2.45, 2.75) is 0 Å². The summed E-state index contributed by atoms with van der Waals surface area (Å²) >= 11 is 4.06. The first-order valence-electron chi connectivity index (χ1n) is 3.65. The lowest BCUT2D eigenvalue weighted by atomic mass is 10.2. The molecule has 0 bridgehead atoms. The summed E-state index contributed by atoms with van der Waals surface area (Å²) in [5.41, 5.74) is 2.02. The van der Waals surface area contributed by atoms with Crippen LogP contribution in [0.1, 0.15) is 0 Å². The van der Waals surface area contributed by atoms with Crippen LogP contribution in [0, 0.1) is 0 Å². The molecule has 1 aromatic carbocycles. The number of hydrogen-bond donors (Lipinski definition) is 3. The standard InChI is InChI=1S/C9H12N2S/c1-7(12)11-9-6-4-3-5-8(9)10-2/h3-6,10-12H,1H2,2H3. The van der Waals surface area contributed by atoms with Crippen LogP contribution in [0.4, 0.5) is 11.4 Å². The highest BCUT2D eigenvalue weighted by Crippen LogP contribution is 2.21. The van der Waals surface area contributed by atoms with E-state index in [1.54, 1.807) is 0 Å². The summed E-state index contributed by atoms with van der Waals surface area (Å²) in [4.78, 5) is 0. The molecule has 0 fully saturated rings. The predicted octanol–water partition coefficient (Wildman–Crippen LogP) is 2.54. The summed E-state index contributed by atoms with van der Waals surface area (Å²) in [5, 5.41) is 6.73. The maximum Gasteiger partial charge on any atom is 0.0623 e. The van der Waals surface area contributed by atoms with Gasteiger partial charge in [-0.3, -0.25) is 0 Å². The number of thiol groups is 1. The summed E-state index contributed by atoms with van der Waals surface area (Å²) in [6.45, 7) is 3.65. The monoisotopic (exact) mass is 180 g/mol. The summed E-state index contributed by atoms with van der Waals surface area (Å²) in [6, 6.07) is 7.88. The van der Waals surface area contributed by atoms with Crippen molar-refractivity contribution in [3.63, 3.8) is 0 Å². The minimum absolute atomic E-state index is 0.637. The van der Waals surface area contributed by atoms with E-state index in [1.165, 1.54) is 0 Å². The van der Waals surface area contributed by atoms with Crippen molar-refractivity contribution >= 4 is 24.0 Å². The van der Waals surface area contributed by atoms with Gasteiger partial charge in [0.1, 0.15) is 0 Å². The van der Waals surface area contributed by atoms with Crippen molar-refractivity contribution in [1.82, 2.24) is 0 Å². The zero-order chi connectivity index (χ0) is 8.97. The number of benzene rings is 1. The van der Waals surface area contributed by atoms with Crippen LogP contribution in [0.5, 0.6) is 0 Å². The van der Waals surface area contributed by atoms with Crippen LogP contribution >= 0.6 is 12.6 Å². The summed E-state index contributed by atoms with van der Waals surface area (Å²) < 4.78 is 0. The second-order valence-electron chi connectivity index (χ2n) is 2.37. The first-order valence-corrected chi connectivity index (χ1v) is 4.10. The quantitative estimate of drug-likeness (QED) is 0.623. The first-order chi connectivity index (χ1) is 5.74. The van der Waals surface area contributed by atoms with E-state index in [2.05, 4.69) is 29.8 Å². The minimum atomic E-state index is 0.637. The lowest BCUT2D eigenvalue weighted by molar-refractivity contribution is 1.48. The number of hydrogen-bond acceptors (Lipinski definition) is 3. The zero-order valence-electron chi connectivity index (χ0n) is 6.96. The van der Waals surface area contributed by atoms with Gasteiger partial charge in [0.05, 0.1) is 16.4 Å². The molecule has 0 spiro atoms. The van der Waals surface area contributed by atoms with E-state index in [1.807, 2.05) is 31.3 Å². The fraction of sp³-hybridized carbons (Fsp3) is 0.111. The average molecular weight is 180 g/mol. The molecule has 2 N–H and O–H groups in total. The molecule has 0 saturated heterocycles. The molecule has 1 aromatic rings. The normalized spacial score (nSPS) is 9.17. The molecule has 2 nitrogen and oxygen atoms in total. The van der Waals surface area contributed by atoms with Crippen LogP contribution < -0.4 is 10.6 Å². The molecular weight excluding hydrogens is 168 g/mol. The number of anilines is 2. The van der Waals surface area contributed by atoms with Crippen molar-refractivity contribution < 1.29 is 0 Å². The van der Waals surface area contributed by atoms with Gasteiger partial charge < -0.3 is 10.6 Å². The SMILES string of the molecule is C=C(S)Nc1ccccc1NC. The van der Waals surface area contributed by atoms with E-state index in [0.717, 1.165) is 11.4 Å². The maximum absolute atomic E-state index is 4.06. The van der Waals surface area contributed by atoms with Crippen molar-refractivity contribution in [3.05, 3.63) is 35.9 Å². The number of nitrogens with one attached hydrogen (secondary N) is 2. The van der Waals surface area contributed by atoms with Crippen LogP contribution in [-0.4, -0.2) is 7.05 Å². The Hall–Kier alpha value is -1.09. The fourth-order valence-corrected chi connectivity index (χ4v) is 1.09. The van der Waals surface area contributed by atoms with E-state index in [0.29, 0.717) is 5.03 Å². The van der Waals surface area contributed by atoms with Crippen LogP contribution in [-0.2, 0) is 0 Å². The molecule has 0 radical (unpaired) electrons. The van der Waals surface area contributed by atoms with Gasteiger partial charge >= 0.3 is 0 Å². The first kappa shape index (κ1) is 9.00. The second kappa shape index (κ2) is 4.07. The Balaban J connectivity index is 2.89. The summed E-state index contributed by atoms with van der Waals surface area (Å²) in [5.74, 6) is 0. The Morgan fingerprint density at radius 1 is 1.33 bits per heavy atom. The molecule has 12 heavy (non-hydrogen) atoms. The molecule has 0 unspecified atom stereocenters. The molecule has 0 aromatic heterocycles. The Kier molecular flexibility index (Phi) is 3.05. The zero-order valence-corrected chi connectivity index (χ0v) is 7.86. The molecular formula is C9H12N2S. The minimum Gasteiger partial charge on any atom is -0.386 e. The second-order valence-corrected chi connectivity index (χ2v) is 2.91. The highest BCUT2D eigenvalue weighted by molar-refractivity contribution is 7.84. The maximum atomic E-state index is 4.06. The van der Waals surface area contributed by atoms with Crippen LogP contribution in [0.25, 0.3) is 0 Å². The molecule has 0 amide bonds. The van der Waals surface area contributed by atoms with Crippen molar-refractivity contribution in [2.75, 3.05) is 17.7 Å². The highest BCUT2D eigenvalue weighted by atomic mass is 32.1. The lowest BCUT2D eigenvalue weighted by Crippen LogP contribution is -1.97. The van der Waals surface area contributed by atoms with Crippen molar-refractivity contribution in [2.24, 2.45) is 0 Å². The largest absolute Gasteiger partial charge is 0.386 e. The topological polar surface area (TPSA) is 24.1 Å². The lowest BCUT2D eigenvalue weighted by Gasteiger charge is -2.09. The third-order valence-corrected chi connectivity index (χ3v) is 1.59. The van der Waals surface area contributed by atoms with Gasteiger partial charge in [0.25, 0.3) is 0 Å². The van der Waals surface area contributed by atoms with Crippen LogP contribution in [0.2, 0.25) is 0 Å².